The van der Waals surface area contributed by atoms with E-state index in [4.69, 9.17) is 11.1 Å². The second-order valence-electron chi connectivity index (χ2n) is 8.41. The molecule has 14 heteroatoms. The van der Waals surface area contributed by atoms with Crippen LogP contribution in [0.15, 0.2) is 47.7 Å². The molecule has 3 heterocycles. The molecule has 0 saturated carbocycles. The number of amides is 4. The molecule has 200 valence electrons. The minimum Gasteiger partial charge on any atom is -0.388 e. The fraction of sp³-hybridized carbons (Fsp3) is 0.208. The fourth-order valence-corrected chi connectivity index (χ4v) is 3.66. The molecule has 0 bridgehead atoms. The van der Waals surface area contributed by atoms with Gasteiger partial charge in [0.1, 0.15) is 22.9 Å². The van der Waals surface area contributed by atoms with E-state index in [0.29, 0.717) is 22.9 Å². The Bertz CT molecular complexity index is 1450. The number of anilines is 3. The van der Waals surface area contributed by atoms with Crippen molar-refractivity contribution in [2.24, 2.45) is 26.9 Å². The second-order valence-corrected chi connectivity index (χ2v) is 9.37. The molecule has 0 unspecified atom stereocenters. The van der Waals surface area contributed by atoms with Crippen LogP contribution in [0.1, 0.15) is 37.9 Å². The number of carbonyl (C=O) groups excluding carboxylic acids is 4. The number of hydrogen-bond donors (Lipinski definition) is 6. The van der Waals surface area contributed by atoms with E-state index in [1.807, 2.05) is 0 Å². The van der Waals surface area contributed by atoms with Crippen molar-refractivity contribution in [3.8, 4) is 0 Å². The van der Waals surface area contributed by atoms with Gasteiger partial charge in [-0.15, -0.1) is 0 Å². The Morgan fingerprint density at radius 2 is 1.45 bits per heavy atom. The van der Waals surface area contributed by atoms with Crippen LogP contribution in [0.25, 0.3) is 0 Å². The van der Waals surface area contributed by atoms with Crippen molar-refractivity contribution >= 4 is 62.6 Å². The normalized spacial score (nSPS) is 10.5. The maximum Gasteiger partial charge on any atom is 0.273 e. The first kappa shape index (κ1) is 28.0. The SMILES string of the molecule is C=C(Br)C(=O)Nc1cc(C(=O)Nc2cc(C(=O)Nc3ccc(C(=O)NCCC(=N)N)n3C)n(C)c2)n(C)c1. The van der Waals surface area contributed by atoms with Gasteiger partial charge in [0.05, 0.1) is 21.7 Å². The first-order valence-electron chi connectivity index (χ1n) is 11.3. The number of nitrogens with zero attached hydrogens (tertiary/aromatic N) is 3. The Hall–Kier alpha value is -4.59. The number of carbonyl (C=O) groups is 4. The van der Waals surface area contributed by atoms with Crippen LogP contribution in [0.2, 0.25) is 0 Å². The van der Waals surface area contributed by atoms with Crippen molar-refractivity contribution in [3.63, 3.8) is 0 Å². The van der Waals surface area contributed by atoms with Crippen LogP contribution in [-0.2, 0) is 25.9 Å². The van der Waals surface area contributed by atoms with Crippen molar-refractivity contribution in [3.05, 3.63) is 64.8 Å². The maximum absolute atomic E-state index is 12.9. The molecule has 3 aromatic heterocycles. The van der Waals surface area contributed by atoms with Gasteiger partial charge in [0.15, 0.2) is 0 Å². The summed E-state index contributed by atoms with van der Waals surface area (Å²) in [4.78, 5) is 50.0. The van der Waals surface area contributed by atoms with Crippen molar-refractivity contribution in [2.75, 3.05) is 22.5 Å². The molecule has 3 rings (SSSR count). The highest BCUT2D eigenvalue weighted by Crippen LogP contribution is 2.20. The van der Waals surface area contributed by atoms with Gasteiger partial charge in [-0.1, -0.05) is 6.58 Å². The average Bonchev–Trinajstić information content (AvgIpc) is 3.50. The van der Waals surface area contributed by atoms with E-state index < -0.39 is 17.7 Å². The molecule has 0 aromatic carbocycles. The number of hydrogen-bond acceptors (Lipinski definition) is 5. The number of aryl methyl sites for hydroxylation is 2. The lowest BCUT2D eigenvalue weighted by molar-refractivity contribution is -0.112. The Kier molecular flexibility index (Phi) is 8.57. The molecule has 0 spiro atoms. The van der Waals surface area contributed by atoms with E-state index >= 15 is 0 Å². The van der Waals surface area contributed by atoms with E-state index in [2.05, 4.69) is 43.8 Å². The third-order valence-electron chi connectivity index (χ3n) is 5.51. The zero-order valence-corrected chi connectivity index (χ0v) is 22.6. The standard InChI is InChI=1S/C24H28BrN9O4/c1-13(25)21(35)29-14-9-17(32(2)11-14)23(37)30-15-10-18(33(3)12-15)24(38)31-20-6-5-16(34(20)4)22(36)28-8-7-19(26)27/h5-6,9-12H,1,7-8H2,2-4H3,(H3,26,27)(H,28,36)(H,29,35)(H,30,37)(H,31,38). The van der Waals surface area contributed by atoms with Gasteiger partial charge in [-0.25, -0.2) is 0 Å². The molecule has 3 aromatic rings. The minimum absolute atomic E-state index is 0.0259. The summed E-state index contributed by atoms with van der Waals surface area (Å²) < 4.78 is 4.80. The predicted molar refractivity (Wildman–Crippen MR) is 148 cm³/mol. The summed E-state index contributed by atoms with van der Waals surface area (Å²) in [6, 6.07) is 6.20. The van der Waals surface area contributed by atoms with Gasteiger partial charge in [-0.2, -0.15) is 0 Å². The Labute approximate surface area is 226 Å². The predicted octanol–water partition coefficient (Wildman–Crippen LogP) is 2.11. The van der Waals surface area contributed by atoms with Crippen LogP contribution >= 0.6 is 15.9 Å². The Balaban J connectivity index is 1.67. The molecule has 0 aliphatic rings. The molecule has 38 heavy (non-hydrogen) atoms. The van der Waals surface area contributed by atoms with E-state index in [1.165, 1.54) is 16.7 Å². The summed E-state index contributed by atoms with van der Waals surface area (Å²) in [5.41, 5.74) is 6.99. The van der Waals surface area contributed by atoms with Gasteiger partial charge in [-0.05, 0) is 40.2 Å². The number of nitrogens with one attached hydrogen (secondary N) is 5. The quantitative estimate of drug-likeness (QED) is 0.121. The topological polar surface area (TPSA) is 181 Å². The van der Waals surface area contributed by atoms with Gasteiger partial charge in [0.2, 0.25) is 0 Å². The summed E-state index contributed by atoms with van der Waals surface area (Å²) in [7, 11) is 4.96. The summed E-state index contributed by atoms with van der Waals surface area (Å²) in [5, 5.41) is 18.0. The molecule has 0 atom stereocenters. The van der Waals surface area contributed by atoms with Crippen LogP contribution in [0.4, 0.5) is 17.2 Å². The molecular formula is C24H28BrN9O4. The van der Waals surface area contributed by atoms with Crippen LogP contribution < -0.4 is 27.0 Å². The number of nitrogens with two attached hydrogens (primary N) is 1. The third kappa shape index (κ3) is 6.59. The molecule has 0 aliphatic carbocycles. The smallest absolute Gasteiger partial charge is 0.273 e. The lowest BCUT2D eigenvalue weighted by Gasteiger charge is -2.10. The fourth-order valence-electron chi connectivity index (χ4n) is 3.56. The van der Waals surface area contributed by atoms with Crippen molar-refractivity contribution in [1.29, 1.82) is 5.41 Å². The molecule has 7 N–H and O–H groups in total. The van der Waals surface area contributed by atoms with E-state index in [0.717, 1.165) is 0 Å². The van der Waals surface area contributed by atoms with E-state index in [-0.39, 0.29) is 40.6 Å². The minimum atomic E-state index is -0.448. The highest BCUT2D eigenvalue weighted by atomic mass is 79.9. The van der Waals surface area contributed by atoms with Gasteiger partial charge in [0.25, 0.3) is 23.6 Å². The van der Waals surface area contributed by atoms with Crippen molar-refractivity contribution in [2.45, 2.75) is 6.42 Å². The van der Waals surface area contributed by atoms with Gasteiger partial charge < -0.3 is 40.7 Å². The largest absolute Gasteiger partial charge is 0.388 e. The molecular weight excluding hydrogens is 558 g/mol. The molecule has 0 saturated heterocycles. The van der Waals surface area contributed by atoms with Crippen LogP contribution in [0.3, 0.4) is 0 Å². The number of halogens is 1. The van der Waals surface area contributed by atoms with Gasteiger partial charge in [0, 0.05) is 46.5 Å². The molecule has 0 fully saturated rings. The summed E-state index contributed by atoms with van der Waals surface area (Å²) >= 11 is 3.00. The molecule has 0 aliphatic heterocycles. The van der Waals surface area contributed by atoms with E-state index in [9.17, 15) is 19.2 Å². The van der Waals surface area contributed by atoms with E-state index in [1.54, 1.807) is 54.8 Å². The first-order valence-corrected chi connectivity index (χ1v) is 12.0. The monoisotopic (exact) mass is 585 g/mol. The average molecular weight is 586 g/mol. The Morgan fingerprint density at radius 3 is 2.00 bits per heavy atom. The van der Waals surface area contributed by atoms with Gasteiger partial charge in [-0.3, -0.25) is 24.6 Å². The first-order chi connectivity index (χ1) is 17.9. The Morgan fingerprint density at radius 1 is 0.895 bits per heavy atom. The van der Waals surface area contributed by atoms with Crippen molar-refractivity contribution < 1.29 is 19.2 Å². The van der Waals surface area contributed by atoms with Crippen LogP contribution in [0.5, 0.6) is 0 Å². The van der Waals surface area contributed by atoms with Crippen LogP contribution in [-0.4, -0.2) is 49.7 Å². The number of rotatable bonds is 10. The van der Waals surface area contributed by atoms with Gasteiger partial charge >= 0.3 is 0 Å². The maximum atomic E-state index is 12.9. The summed E-state index contributed by atoms with van der Waals surface area (Å²) in [6.45, 7) is 3.73. The number of amidine groups is 1. The lowest BCUT2D eigenvalue weighted by atomic mass is 10.3. The summed E-state index contributed by atoms with van der Waals surface area (Å²) in [6.07, 6.45) is 3.41. The molecule has 0 radical (unpaired) electrons. The van der Waals surface area contributed by atoms with Crippen molar-refractivity contribution in [1.82, 2.24) is 19.0 Å². The summed E-state index contributed by atoms with van der Waals surface area (Å²) in [5.74, 6) is -1.31. The zero-order valence-electron chi connectivity index (χ0n) is 21.0. The highest BCUT2D eigenvalue weighted by molar-refractivity contribution is 9.12. The second kappa shape index (κ2) is 11.6. The van der Waals surface area contributed by atoms with Crippen LogP contribution in [0, 0.1) is 5.41 Å². The lowest BCUT2D eigenvalue weighted by Crippen LogP contribution is -2.29. The zero-order chi connectivity index (χ0) is 28.1. The third-order valence-corrected chi connectivity index (χ3v) is 5.87. The number of aromatic nitrogens is 3. The molecule has 13 nitrogen and oxygen atoms in total. The molecule has 4 amide bonds. The highest BCUT2D eigenvalue weighted by Gasteiger charge is 2.19.